The summed E-state index contributed by atoms with van der Waals surface area (Å²) in [5.41, 5.74) is 2.05. The molecule has 1 aliphatic carbocycles. The molecule has 2 aromatic rings. The van der Waals surface area contributed by atoms with Crippen LogP contribution in [0.2, 0.25) is 0 Å². The summed E-state index contributed by atoms with van der Waals surface area (Å²) < 4.78 is 0. The molecular weight excluding hydrogens is 290 g/mol. The lowest BCUT2D eigenvalue weighted by atomic mass is 9.81. The van der Waals surface area contributed by atoms with Gasteiger partial charge in [-0.05, 0) is 30.7 Å². The number of aromatic nitrogens is 1. The van der Waals surface area contributed by atoms with Gasteiger partial charge in [-0.15, -0.1) is 0 Å². The molecular formula is C19H21NO3. The molecule has 4 nitrogen and oxygen atoms in total. The number of carbonyl (C=O) groups excluding carboxylic acids is 1. The molecule has 2 N–H and O–H groups in total. The van der Waals surface area contributed by atoms with E-state index in [1.807, 2.05) is 37.3 Å². The Labute approximate surface area is 135 Å². The fraction of sp³-hybridized carbons (Fsp3) is 0.368. The number of unbranched alkanes of at least 4 members (excludes halogenated alkanes) is 1. The summed E-state index contributed by atoms with van der Waals surface area (Å²) in [5, 5.41) is 10.4. The molecule has 0 saturated heterocycles. The molecule has 3 rings (SSSR count). The van der Waals surface area contributed by atoms with E-state index in [2.05, 4.69) is 4.98 Å². The number of fused-ring (bicyclic) bond motifs is 1. The van der Waals surface area contributed by atoms with E-state index in [1.54, 1.807) is 0 Å². The highest BCUT2D eigenvalue weighted by Crippen LogP contribution is 2.36. The number of benzene rings is 1. The van der Waals surface area contributed by atoms with Gasteiger partial charge in [-0.3, -0.25) is 9.59 Å². The fourth-order valence-electron chi connectivity index (χ4n) is 3.32. The van der Waals surface area contributed by atoms with Crippen LogP contribution in [0.15, 0.2) is 35.1 Å². The first kappa shape index (κ1) is 15.5. The molecule has 0 amide bonds. The largest absolute Gasteiger partial charge is 0.507 e. The van der Waals surface area contributed by atoms with Gasteiger partial charge in [0, 0.05) is 12.1 Å². The molecule has 1 heterocycles. The normalized spacial score (nSPS) is 17.1. The Morgan fingerprint density at radius 2 is 1.91 bits per heavy atom. The molecule has 23 heavy (non-hydrogen) atoms. The Bertz CT molecular complexity index is 777. The topological polar surface area (TPSA) is 70.2 Å². The lowest BCUT2D eigenvalue weighted by molar-refractivity contribution is 0.0959. The van der Waals surface area contributed by atoms with Crippen LogP contribution in [0, 0.1) is 0 Å². The van der Waals surface area contributed by atoms with Crippen molar-refractivity contribution >= 4 is 5.78 Å². The standard InChI is InChI=1S/C19H21NO3/c1-2-3-9-14-18(22)17-15(20-19(14)23)10-13(11-16(17)21)12-7-5-4-6-8-12/h4-8,13H,2-3,9-11H2,1H3,(H2,20,22,23). The van der Waals surface area contributed by atoms with E-state index in [0.29, 0.717) is 36.1 Å². The van der Waals surface area contributed by atoms with Crippen molar-refractivity contribution in [1.29, 1.82) is 0 Å². The third-order valence-electron chi connectivity index (χ3n) is 4.58. The van der Waals surface area contributed by atoms with Crippen molar-refractivity contribution in [3.8, 4) is 5.75 Å². The molecule has 1 unspecified atom stereocenters. The second kappa shape index (κ2) is 6.41. The van der Waals surface area contributed by atoms with Crippen LogP contribution < -0.4 is 5.56 Å². The minimum atomic E-state index is -0.267. The number of H-pyrrole nitrogens is 1. The number of pyridine rings is 1. The van der Waals surface area contributed by atoms with Gasteiger partial charge >= 0.3 is 0 Å². The number of hydrogen-bond donors (Lipinski definition) is 2. The Hall–Kier alpha value is -2.36. The summed E-state index contributed by atoms with van der Waals surface area (Å²) in [4.78, 5) is 27.6. The lowest BCUT2D eigenvalue weighted by Crippen LogP contribution is -2.26. The van der Waals surface area contributed by atoms with Gasteiger partial charge in [0.25, 0.3) is 5.56 Å². The average Bonchev–Trinajstić information content (AvgIpc) is 2.54. The lowest BCUT2D eigenvalue weighted by Gasteiger charge is -2.25. The maximum Gasteiger partial charge on any atom is 0.255 e. The summed E-state index contributed by atoms with van der Waals surface area (Å²) in [6, 6.07) is 9.83. The summed E-state index contributed by atoms with van der Waals surface area (Å²) in [5.74, 6) is -0.145. The summed E-state index contributed by atoms with van der Waals surface area (Å²) in [6.45, 7) is 2.03. The molecule has 4 heteroatoms. The molecule has 0 aliphatic heterocycles. The maximum atomic E-state index is 12.5. The number of Topliss-reactive ketones (excluding diaryl/α,β-unsaturated/α-hetero) is 1. The predicted molar refractivity (Wildman–Crippen MR) is 89.2 cm³/mol. The fourth-order valence-corrected chi connectivity index (χ4v) is 3.32. The molecule has 1 aromatic heterocycles. The van der Waals surface area contributed by atoms with E-state index in [-0.39, 0.29) is 23.0 Å². The van der Waals surface area contributed by atoms with Gasteiger partial charge in [0.05, 0.1) is 11.1 Å². The average molecular weight is 311 g/mol. The van der Waals surface area contributed by atoms with E-state index in [1.165, 1.54) is 0 Å². The van der Waals surface area contributed by atoms with Crippen molar-refractivity contribution in [3.05, 3.63) is 63.1 Å². The van der Waals surface area contributed by atoms with E-state index < -0.39 is 0 Å². The Morgan fingerprint density at radius 3 is 2.61 bits per heavy atom. The van der Waals surface area contributed by atoms with Crippen LogP contribution in [-0.4, -0.2) is 15.9 Å². The zero-order chi connectivity index (χ0) is 16.4. The predicted octanol–water partition coefficient (Wildman–Crippen LogP) is 3.34. The second-order valence-electron chi connectivity index (χ2n) is 6.18. The van der Waals surface area contributed by atoms with Crippen LogP contribution >= 0.6 is 0 Å². The first-order valence-electron chi connectivity index (χ1n) is 8.17. The van der Waals surface area contributed by atoms with Crippen molar-refractivity contribution in [2.75, 3.05) is 0 Å². The molecule has 120 valence electrons. The van der Waals surface area contributed by atoms with Crippen molar-refractivity contribution in [3.63, 3.8) is 0 Å². The first-order chi connectivity index (χ1) is 11.1. The summed E-state index contributed by atoms with van der Waals surface area (Å²) >= 11 is 0. The van der Waals surface area contributed by atoms with E-state index >= 15 is 0 Å². The maximum absolute atomic E-state index is 12.5. The van der Waals surface area contributed by atoms with E-state index in [4.69, 9.17) is 0 Å². The molecule has 0 spiro atoms. The highest BCUT2D eigenvalue weighted by molar-refractivity contribution is 6.01. The number of rotatable bonds is 4. The van der Waals surface area contributed by atoms with Gasteiger partial charge in [-0.1, -0.05) is 43.7 Å². The molecule has 1 aliphatic rings. The molecule has 0 saturated carbocycles. The number of hydrogen-bond acceptors (Lipinski definition) is 3. The third kappa shape index (κ3) is 2.93. The zero-order valence-electron chi connectivity index (χ0n) is 13.3. The molecule has 0 fully saturated rings. The van der Waals surface area contributed by atoms with Crippen LogP contribution in [0.25, 0.3) is 0 Å². The second-order valence-corrected chi connectivity index (χ2v) is 6.18. The molecule has 0 bridgehead atoms. The number of aromatic amines is 1. The number of carbonyl (C=O) groups is 1. The van der Waals surface area contributed by atoms with Crippen LogP contribution in [0.4, 0.5) is 0 Å². The van der Waals surface area contributed by atoms with Gasteiger partial charge in [0.15, 0.2) is 5.78 Å². The van der Waals surface area contributed by atoms with Gasteiger partial charge < -0.3 is 10.1 Å². The van der Waals surface area contributed by atoms with Crippen LogP contribution in [0.1, 0.15) is 59.3 Å². The van der Waals surface area contributed by atoms with Crippen molar-refractivity contribution < 1.29 is 9.90 Å². The Balaban J connectivity index is 2.00. The van der Waals surface area contributed by atoms with Gasteiger partial charge in [-0.2, -0.15) is 0 Å². The van der Waals surface area contributed by atoms with Gasteiger partial charge in [0.2, 0.25) is 0 Å². The summed E-state index contributed by atoms with van der Waals surface area (Å²) in [7, 11) is 0. The highest BCUT2D eigenvalue weighted by atomic mass is 16.3. The van der Waals surface area contributed by atoms with E-state index in [0.717, 1.165) is 18.4 Å². The highest BCUT2D eigenvalue weighted by Gasteiger charge is 2.31. The quantitative estimate of drug-likeness (QED) is 0.910. The van der Waals surface area contributed by atoms with Crippen LogP contribution in [0.5, 0.6) is 5.75 Å². The number of aromatic hydroxyl groups is 1. The number of nitrogens with one attached hydrogen (secondary N) is 1. The Morgan fingerprint density at radius 1 is 1.17 bits per heavy atom. The SMILES string of the molecule is CCCCc1c(O)c2c([nH]c1=O)CC(c1ccccc1)CC2=O. The third-order valence-corrected chi connectivity index (χ3v) is 4.58. The molecule has 0 radical (unpaired) electrons. The van der Waals surface area contributed by atoms with Gasteiger partial charge in [0.1, 0.15) is 5.75 Å². The molecule has 1 atom stereocenters. The first-order valence-corrected chi connectivity index (χ1v) is 8.17. The smallest absolute Gasteiger partial charge is 0.255 e. The monoisotopic (exact) mass is 311 g/mol. The minimum Gasteiger partial charge on any atom is -0.507 e. The minimum absolute atomic E-state index is 0.0488. The van der Waals surface area contributed by atoms with Crippen molar-refractivity contribution in [2.45, 2.75) is 44.9 Å². The molecule has 1 aromatic carbocycles. The Kier molecular flexibility index (Phi) is 4.33. The van der Waals surface area contributed by atoms with Crippen LogP contribution in [-0.2, 0) is 12.8 Å². The van der Waals surface area contributed by atoms with Gasteiger partial charge in [-0.25, -0.2) is 0 Å². The van der Waals surface area contributed by atoms with Crippen molar-refractivity contribution in [2.24, 2.45) is 0 Å². The number of ketones is 1. The zero-order valence-corrected chi connectivity index (χ0v) is 13.3. The van der Waals surface area contributed by atoms with Crippen LogP contribution in [0.3, 0.4) is 0 Å². The van der Waals surface area contributed by atoms with E-state index in [9.17, 15) is 14.7 Å². The van der Waals surface area contributed by atoms with Crippen molar-refractivity contribution in [1.82, 2.24) is 4.98 Å². The summed E-state index contributed by atoms with van der Waals surface area (Å²) in [6.07, 6.45) is 3.18.